The Morgan fingerprint density at radius 2 is 1.56 bits per heavy atom. The van der Waals surface area contributed by atoms with E-state index in [1.54, 1.807) is 57.7 Å². The lowest BCUT2D eigenvalue weighted by atomic mass is 9.78. The van der Waals surface area contributed by atoms with Crippen molar-refractivity contribution in [1.82, 2.24) is 20.4 Å². The van der Waals surface area contributed by atoms with Gasteiger partial charge in [0.1, 0.15) is 35.2 Å². The van der Waals surface area contributed by atoms with E-state index in [4.69, 9.17) is 19.2 Å². The van der Waals surface area contributed by atoms with Gasteiger partial charge in [-0.15, -0.1) is 0 Å². The molecule has 1 spiro atoms. The lowest BCUT2D eigenvalue weighted by molar-refractivity contribution is -0.165. The number of esters is 1. The average Bonchev–Trinajstić information content (AvgIpc) is 3.73. The number of piperidine rings is 1. The first-order valence-electron chi connectivity index (χ1n) is 25.9. The summed E-state index contributed by atoms with van der Waals surface area (Å²) in [7, 11) is 1.46. The summed E-state index contributed by atoms with van der Waals surface area (Å²) in [4.78, 5) is 66.4. The zero-order chi connectivity index (χ0) is 55.7. The third-order valence-electron chi connectivity index (χ3n) is 14.5. The lowest BCUT2D eigenvalue weighted by Crippen LogP contribution is -2.51. The molecule has 18 nitrogen and oxygen atoms in total. The first kappa shape index (κ1) is 61.0. The van der Waals surface area contributed by atoms with Crippen LogP contribution in [-0.2, 0) is 33.4 Å². The molecule has 9 atom stereocenters. The Hall–Kier alpha value is -4.90. The molecule has 0 saturated carbocycles. The monoisotopic (exact) mass is 1160 g/mol. The Morgan fingerprint density at radius 3 is 2.13 bits per heavy atom. The number of rotatable bonds is 22. The number of benzene rings is 1. The smallest absolute Gasteiger partial charge is 0.315 e. The highest BCUT2D eigenvalue weighted by molar-refractivity contribution is 14.1. The molecular formula is C56H81IN6O12. The minimum Gasteiger partial charge on any atom is -0.508 e. The minimum atomic E-state index is -1.80. The molecule has 1 unspecified atom stereocenters. The number of hydrogen-bond acceptors (Lipinski definition) is 16. The zero-order valence-corrected chi connectivity index (χ0v) is 47.7. The van der Waals surface area contributed by atoms with E-state index in [9.17, 15) is 44.7 Å². The second kappa shape index (κ2) is 26.0. The maximum atomic E-state index is 14.2. The topological polar surface area (TPSA) is 243 Å². The number of ether oxygens (including phenoxy) is 3. The normalized spacial score (nSPS) is 22.2. The van der Waals surface area contributed by atoms with E-state index in [0.717, 1.165) is 25.3 Å². The van der Waals surface area contributed by atoms with Crippen LogP contribution in [0.1, 0.15) is 88.5 Å². The maximum absolute atomic E-state index is 14.2. The summed E-state index contributed by atoms with van der Waals surface area (Å²) in [5, 5.41) is 61.8. The Bertz CT molecular complexity index is 2400. The molecule has 0 bridgehead atoms. The number of aliphatic hydroxyl groups is 5. The van der Waals surface area contributed by atoms with E-state index in [2.05, 4.69) is 56.5 Å². The number of carbonyl (C=O) groups excluding carboxylic acids is 4. The van der Waals surface area contributed by atoms with Crippen molar-refractivity contribution in [3.8, 4) is 0 Å². The van der Waals surface area contributed by atoms with Gasteiger partial charge in [-0.2, -0.15) is 0 Å². The SMILES string of the molecule is C=C1C2=NC3(CCN(CC(C)I)CC3)NC2=C(NC(=O)/C(C)=C\C=C\[C@H](C)[C@H](O)[C@@H](C)[C@@H](O)[C@@H](C)[C@H](OC(=O)CC(=O)N2CCN(c3ccccc3)CC2)[C@H](C)[C@H](/C=C/OC(C)(C)O)OC)C(=O)/C1=C(\O)C(C)(C)O. The number of hydrogen-bond donors (Lipinski definition) is 7. The number of aliphatic imine (C=N–C) groups is 1. The van der Waals surface area contributed by atoms with Crippen molar-refractivity contribution in [2.75, 3.05) is 57.8 Å². The van der Waals surface area contributed by atoms with Gasteiger partial charge < -0.3 is 65.1 Å². The Morgan fingerprint density at radius 1 is 0.933 bits per heavy atom. The molecular weight excluding hydrogens is 1080 g/mol. The van der Waals surface area contributed by atoms with Gasteiger partial charge in [-0.25, -0.2) is 0 Å². The summed E-state index contributed by atoms with van der Waals surface area (Å²) in [6.07, 6.45) is 4.24. The molecule has 2 saturated heterocycles. The quantitative estimate of drug-likeness (QED) is 0.0113. The largest absolute Gasteiger partial charge is 0.508 e. The van der Waals surface area contributed by atoms with E-state index in [1.165, 1.54) is 47.1 Å². The number of para-hydroxylation sites is 1. The molecule has 1 aromatic carbocycles. The van der Waals surface area contributed by atoms with Crippen LogP contribution in [0.5, 0.6) is 0 Å². The number of amides is 2. The molecule has 1 aliphatic carbocycles. The van der Waals surface area contributed by atoms with Crippen LogP contribution in [0.15, 0.2) is 106 Å². The van der Waals surface area contributed by atoms with Crippen molar-refractivity contribution >= 4 is 57.6 Å². The number of fused-ring (bicyclic) bond motifs is 1. The van der Waals surface area contributed by atoms with E-state index in [1.807, 2.05) is 30.3 Å². The number of halogens is 1. The van der Waals surface area contributed by atoms with Gasteiger partial charge in [0.2, 0.25) is 17.5 Å². The highest BCUT2D eigenvalue weighted by atomic mass is 127. The van der Waals surface area contributed by atoms with Crippen LogP contribution in [0.3, 0.4) is 0 Å². The van der Waals surface area contributed by atoms with Crippen LogP contribution in [-0.4, -0.2) is 163 Å². The molecule has 2 amide bonds. The number of nitrogens with one attached hydrogen (secondary N) is 2. The summed E-state index contributed by atoms with van der Waals surface area (Å²) >= 11 is 2.40. The zero-order valence-electron chi connectivity index (χ0n) is 45.5. The summed E-state index contributed by atoms with van der Waals surface area (Å²) in [5.74, 6) is -7.37. The van der Waals surface area contributed by atoms with Crippen molar-refractivity contribution in [3.05, 3.63) is 101 Å². The molecule has 0 radical (unpaired) electrons. The van der Waals surface area contributed by atoms with Crippen LogP contribution in [0, 0.1) is 23.7 Å². The number of Topliss-reactive ketones (excluding diaryl/α,β-unsaturated/α-hetero) is 1. The number of likely N-dealkylation sites (tertiary alicyclic amines) is 1. The number of methoxy groups -OCH3 is 1. The van der Waals surface area contributed by atoms with Gasteiger partial charge in [0.15, 0.2) is 0 Å². The average molecular weight is 1160 g/mol. The summed E-state index contributed by atoms with van der Waals surface area (Å²) in [5.41, 5.74) is -0.913. The van der Waals surface area contributed by atoms with Crippen LogP contribution >= 0.6 is 22.6 Å². The first-order valence-corrected chi connectivity index (χ1v) is 27.1. The third kappa shape index (κ3) is 15.9. The second-order valence-electron chi connectivity index (χ2n) is 21.6. The second-order valence-corrected chi connectivity index (χ2v) is 23.7. The summed E-state index contributed by atoms with van der Waals surface area (Å²) in [6.45, 7) is 24.8. The van der Waals surface area contributed by atoms with E-state index < -0.39 is 95.0 Å². The molecule has 414 valence electrons. The molecule has 3 aliphatic heterocycles. The highest BCUT2D eigenvalue weighted by Crippen LogP contribution is 2.40. The Balaban J connectivity index is 1.28. The van der Waals surface area contributed by atoms with Crippen molar-refractivity contribution in [1.29, 1.82) is 0 Å². The van der Waals surface area contributed by atoms with Crippen molar-refractivity contribution < 1.29 is 58.9 Å². The van der Waals surface area contributed by atoms with Crippen LogP contribution < -0.4 is 15.5 Å². The highest BCUT2D eigenvalue weighted by Gasteiger charge is 2.48. The number of anilines is 1. The molecule has 0 aromatic heterocycles. The molecule has 19 heteroatoms. The minimum absolute atomic E-state index is 0.132. The fourth-order valence-electron chi connectivity index (χ4n) is 9.90. The Kier molecular flexibility index (Phi) is 21.1. The van der Waals surface area contributed by atoms with E-state index in [-0.39, 0.29) is 28.3 Å². The van der Waals surface area contributed by atoms with Gasteiger partial charge in [-0.05, 0) is 39.0 Å². The van der Waals surface area contributed by atoms with Crippen LogP contribution in [0.2, 0.25) is 0 Å². The standard InChI is InChI=1S/C56H81IN6O12/c1-33(17-16-18-34(2)53(70)58-47-46-45(37(5)44(50(47)68)52(69)54(8,9)71)59-56(60-46)22-24-61(25-23-56)32-35(3)57)48(66)38(6)49(67)39(7)51(36(4)41(73-12)21-30-74-55(10,11)72)75-43(65)31-42(64)63-28-26-62(27-29-63)40-19-14-13-15-20-40/h13-21,30,33,35-36,38-39,41,48-49,51,60,66-67,69,71-72H,5,22-29,31-32H2,1-4,6-12H3,(H,58,70)/b17-16+,30-21+,34-18-,52-44-/t33-,35?,36+,38+,39+,41-,48-,49+,51+/m0/s1. The number of alkyl halides is 1. The number of aliphatic hydroxyl groups excluding tert-OH is 3. The molecule has 1 aromatic rings. The number of ketones is 1. The number of nitrogens with zero attached hydrogens (tertiary/aromatic N) is 4. The number of piperazine rings is 1. The van der Waals surface area contributed by atoms with Gasteiger partial charge in [0.05, 0.1) is 41.6 Å². The predicted octanol–water partition coefficient (Wildman–Crippen LogP) is 5.39. The van der Waals surface area contributed by atoms with Crippen LogP contribution in [0.4, 0.5) is 5.69 Å². The van der Waals surface area contributed by atoms with E-state index >= 15 is 0 Å². The van der Waals surface area contributed by atoms with Crippen molar-refractivity contribution in [2.24, 2.45) is 28.7 Å². The molecule has 3 heterocycles. The third-order valence-corrected chi connectivity index (χ3v) is 14.9. The number of carbonyl (C=O) groups is 4. The first-order chi connectivity index (χ1) is 35.1. The van der Waals surface area contributed by atoms with Crippen molar-refractivity contribution in [2.45, 2.75) is 134 Å². The fourth-order valence-corrected chi connectivity index (χ4v) is 10.5. The van der Waals surface area contributed by atoms with Crippen LogP contribution in [0.25, 0.3) is 0 Å². The molecule has 75 heavy (non-hydrogen) atoms. The predicted molar refractivity (Wildman–Crippen MR) is 296 cm³/mol. The lowest BCUT2D eigenvalue weighted by Gasteiger charge is -2.38. The molecule has 4 aliphatic rings. The summed E-state index contributed by atoms with van der Waals surface area (Å²) < 4.78 is 17.7. The van der Waals surface area contributed by atoms with Gasteiger partial charge in [-0.1, -0.05) is 100 Å². The van der Waals surface area contributed by atoms with Gasteiger partial charge in [0, 0.05) is 124 Å². The fraction of sp³-hybridized carbons (Fsp3) is 0.589. The Labute approximate surface area is 456 Å². The summed E-state index contributed by atoms with van der Waals surface area (Å²) in [6, 6.07) is 9.88. The van der Waals surface area contributed by atoms with Gasteiger partial charge in [0.25, 0.3) is 5.91 Å². The number of allylic oxidation sites excluding steroid dienone is 4. The molecule has 7 N–H and O–H groups in total. The van der Waals surface area contributed by atoms with E-state index in [0.29, 0.717) is 54.4 Å². The molecule has 5 rings (SSSR count). The van der Waals surface area contributed by atoms with Crippen molar-refractivity contribution in [3.63, 3.8) is 0 Å². The van der Waals surface area contributed by atoms with Gasteiger partial charge >= 0.3 is 5.97 Å². The molecule has 2 fully saturated rings. The van der Waals surface area contributed by atoms with Gasteiger partial charge in [-0.3, -0.25) is 24.2 Å². The maximum Gasteiger partial charge on any atom is 0.315 e.